The van der Waals surface area contributed by atoms with E-state index in [-0.39, 0.29) is 17.3 Å². The fraction of sp³-hybridized carbons (Fsp3) is 0.174. The van der Waals surface area contributed by atoms with Crippen LogP contribution in [0.25, 0.3) is 0 Å². The third kappa shape index (κ3) is 4.80. The van der Waals surface area contributed by atoms with Crippen LogP contribution >= 0.6 is 0 Å². The summed E-state index contributed by atoms with van der Waals surface area (Å²) < 4.78 is 37.6. The van der Waals surface area contributed by atoms with Crippen LogP contribution in [0.15, 0.2) is 77.7 Å². The average Bonchev–Trinajstić information content (AvgIpc) is 2.82. The Kier molecular flexibility index (Phi) is 6.81. The van der Waals surface area contributed by atoms with Crippen molar-refractivity contribution in [3.63, 3.8) is 0 Å². The molecule has 0 atom stereocenters. The fourth-order valence-electron chi connectivity index (χ4n) is 3.11. The molecule has 0 aliphatic carbocycles. The molecule has 0 spiro atoms. The lowest BCUT2D eigenvalue weighted by molar-refractivity contribution is 0.0950. The molecule has 31 heavy (non-hydrogen) atoms. The van der Waals surface area contributed by atoms with Gasteiger partial charge >= 0.3 is 0 Å². The summed E-state index contributed by atoms with van der Waals surface area (Å²) >= 11 is 0. The predicted molar refractivity (Wildman–Crippen MR) is 119 cm³/mol. The number of carbonyl (C=O) groups excluding carboxylic acids is 1. The zero-order valence-electron chi connectivity index (χ0n) is 17.5. The molecule has 1 amide bonds. The first-order chi connectivity index (χ1) is 14.9. The van der Waals surface area contributed by atoms with E-state index in [0.29, 0.717) is 28.3 Å². The van der Waals surface area contributed by atoms with E-state index < -0.39 is 10.0 Å². The Bertz CT molecular complexity index is 1140. The molecular weight excluding hydrogens is 416 g/mol. The zero-order chi connectivity index (χ0) is 22.4. The van der Waals surface area contributed by atoms with Gasteiger partial charge in [0.25, 0.3) is 15.9 Å². The molecule has 3 rings (SSSR count). The van der Waals surface area contributed by atoms with Crippen LogP contribution in [0.4, 0.5) is 5.69 Å². The molecule has 0 fully saturated rings. The van der Waals surface area contributed by atoms with Crippen molar-refractivity contribution in [2.24, 2.45) is 0 Å². The summed E-state index contributed by atoms with van der Waals surface area (Å²) in [6.07, 6.45) is 0. The maximum absolute atomic E-state index is 12.9. The summed E-state index contributed by atoms with van der Waals surface area (Å²) in [5.74, 6) is 0.851. The van der Waals surface area contributed by atoms with Crippen LogP contribution in [0.3, 0.4) is 0 Å². The topological polar surface area (TPSA) is 84.9 Å². The number of ether oxygens (including phenoxy) is 2. The third-order valence-corrected chi connectivity index (χ3v) is 6.63. The highest BCUT2D eigenvalue weighted by Gasteiger charge is 2.22. The van der Waals surface area contributed by atoms with Gasteiger partial charge in [-0.2, -0.15) is 0 Å². The number of sulfonamides is 1. The normalized spacial score (nSPS) is 10.9. The first-order valence-corrected chi connectivity index (χ1v) is 10.9. The Morgan fingerprint density at radius 3 is 2.13 bits per heavy atom. The molecule has 3 aromatic rings. The Morgan fingerprint density at radius 1 is 0.903 bits per heavy atom. The summed E-state index contributed by atoms with van der Waals surface area (Å²) in [4.78, 5) is 12.9. The molecule has 0 unspecified atom stereocenters. The van der Waals surface area contributed by atoms with Crippen molar-refractivity contribution < 1.29 is 22.7 Å². The number of benzene rings is 3. The summed E-state index contributed by atoms with van der Waals surface area (Å²) in [5.41, 5.74) is 1.42. The molecular formula is C23H24N2O5S. The van der Waals surface area contributed by atoms with E-state index in [2.05, 4.69) is 5.32 Å². The van der Waals surface area contributed by atoms with Crippen molar-refractivity contribution in [1.29, 1.82) is 0 Å². The largest absolute Gasteiger partial charge is 0.496 e. The smallest absolute Gasteiger partial charge is 0.264 e. The predicted octanol–water partition coefficient (Wildman–Crippen LogP) is 3.46. The maximum atomic E-state index is 12.9. The first kappa shape index (κ1) is 22.2. The molecule has 0 aromatic heterocycles. The van der Waals surface area contributed by atoms with E-state index in [1.807, 2.05) is 0 Å². The molecule has 7 nitrogen and oxygen atoms in total. The van der Waals surface area contributed by atoms with Crippen LogP contribution in [0.2, 0.25) is 0 Å². The van der Waals surface area contributed by atoms with Gasteiger partial charge < -0.3 is 14.8 Å². The van der Waals surface area contributed by atoms with Crippen LogP contribution in [-0.4, -0.2) is 35.6 Å². The van der Waals surface area contributed by atoms with E-state index >= 15 is 0 Å². The van der Waals surface area contributed by atoms with Crippen molar-refractivity contribution in [3.05, 3.63) is 83.9 Å². The summed E-state index contributed by atoms with van der Waals surface area (Å²) in [7, 11) is 0.815. The fourth-order valence-corrected chi connectivity index (χ4v) is 4.31. The van der Waals surface area contributed by atoms with E-state index in [9.17, 15) is 13.2 Å². The molecule has 1 N–H and O–H groups in total. The van der Waals surface area contributed by atoms with Crippen molar-refractivity contribution in [1.82, 2.24) is 5.32 Å². The quantitative estimate of drug-likeness (QED) is 0.580. The number of rotatable bonds is 8. The van der Waals surface area contributed by atoms with Crippen LogP contribution in [0.1, 0.15) is 15.9 Å². The number of anilines is 1. The van der Waals surface area contributed by atoms with E-state index in [1.54, 1.807) is 68.8 Å². The van der Waals surface area contributed by atoms with Crippen molar-refractivity contribution in [2.75, 3.05) is 25.6 Å². The second-order valence-electron chi connectivity index (χ2n) is 6.66. The lowest BCUT2D eigenvalue weighted by Gasteiger charge is -2.20. The SMILES string of the molecule is COc1cccc(OC)c1CNC(=O)c1cccc(N(C)S(=O)(=O)c2ccccc2)c1. The van der Waals surface area contributed by atoms with Gasteiger partial charge in [0.15, 0.2) is 0 Å². The minimum Gasteiger partial charge on any atom is -0.496 e. The van der Waals surface area contributed by atoms with Gasteiger partial charge in [0.05, 0.1) is 36.9 Å². The second-order valence-corrected chi connectivity index (χ2v) is 8.63. The zero-order valence-corrected chi connectivity index (χ0v) is 18.3. The molecule has 0 saturated heterocycles. The maximum Gasteiger partial charge on any atom is 0.264 e. The second kappa shape index (κ2) is 9.53. The van der Waals surface area contributed by atoms with Gasteiger partial charge in [-0.1, -0.05) is 30.3 Å². The molecule has 0 radical (unpaired) electrons. The highest BCUT2D eigenvalue weighted by molar-refractivity contribution is 7.92. The Balaban J connectivity index is 1.80. The molecule has 3 aromatic carbocycles. The minimum absolute atomic E-state index is 0.177. The van der Waals surface area contributed by atoms with Crippen LogP contribution in [-0.2, 0) is 16.6 Å². The lowest BCUT2D eigenvalue weighted by atomic mass is 10.1. The van der Waals surface area contributed by atoms with Gasteiger partial charge in [0, 0.05) is 12.6 Å². The van der Waals surface area contributed by atoms with Crippen molar-refractivity contribution in [3.8, 4) is 11.5 Å². The minimum atomic E-state index is -3.74. The van der Waals surface area contributed by atoms with Crippen LogP contribution in [0.5, 0.6) is 11.5 Å². The lowest BCUT2D eigenvalue weighted by Crippen LogP contribution is -2.27. The van der Waals surface area contributed by atoms with E-state index in [1.165, 1.54) is 25.2 Å². The monoisotopic (exact) mass is 440 g/mol. The van der Waals surface area contributed by atoms with Crippen LogP contribution < -0.4 is 19.1 Å². The summed E-state index contributed by atoms with van der Waals surface area (Å²) in [6, 6.07) is 20.0. The first-order valence-electron chi connectivity index (χ1n) is 9.50. The van der Waals surface area contributed by atoms with E-state index in [0.717, 1.165) is 4.31 Å². The number of hydrogen-bond acceptors (Lipinski definition) is 5. The molecule has 0 saturated carbocycles. The van der Waals surface area contributed by atoms with Gasteiger partial charge in [-0.15, -0.1) is 0 Å². The number of hydrogen-bond donors (Lipinski definition) is 1. The van der Waals surface area contributed by atoms with Gasteiger partial charge in [-0.05, 0) is 42.5 Å². The van der Waals surface area contributed by atoms with Gasteiger partial charge in [-0.25, -0.2) is 8.42 Å². The number of amides is 1. The number of nitrogens with zero attached hydrogens (tertiary/aromatic N) is 1. The van der Waals surface area contributed by atoms with Crippen LogP contribution in [0, 0.1) is 0 Å². The standard InChI is InChI=1S/C23H24N2O5S/c1-25(31(27,28)19-11-5-4-6-12-19)18-10-7-9-17(15-18)23(26)24-16-20-21(29-2)13-8-14-22(20)30-3/h4-15H,16H2,1-3H3,(H,24,26). The molecule has 0 bridgehead atoms. The van der Waals surface area contributed by atoms with Gasteiger partial charge in [0.2, 0.25) is 0 Å². The number of nitrogens with one attached hydrogen (secondary N) is 1. The molecule has 0 aliphatic rings. The molecule has 162 valence electrons. The molecule has 8 heteroatoms. The Morgan fingerprint density at radius 2 is 1.52 bits per heavy atom. The average molecular weight is 441 g/mol. The highest BCUT2D eigenvalue weighted by atomic mass is 32.2. The van der Waals surface area contributed by atoms with Gasteiger partial charge in [0.1, 0.15) is 11.5 Å². The van der Waals surface area contributed by atoms with Gasteiger partial charge in [-0.3, -0.25) is 9.10 Å². The highest BCUT2D eigenvalue weighted by Crippen LogP contribution is 2.28. The third-order valence-electron chi connectivity index (χ3n) is 4.83. The molecule has 0 aliphatic heterocycles. The number of carbonyl (C=O) groups is 1. The van der Waals surface area contributed by atoms with Crippen molar-refractivity contribution >= 4 is 21.6 Å². The number of methoxy groups -OCH3 is 2. The Labute approximate surface area is 182 Å². The molecule has 0 heterocycles. The Hall–Kier alpha value is -3.52. The van der Waals surface area contributed by atoms with Crippen molar-refractivity contribution in [2.45, 2.75) is 11.4 Å². The summed E-state index contributed by atoms with van der Waals surface area (Å²) in [6.45, 7) is 0.189. The van der Waals surface area contributed by atoms with E-state index in [4.69, 9.17) is 9.47 Å². The summed E-state index contributed by atoms with van der Waals surface area (Å²) in [5, 5.41) is 2.83.